The summed E-state index contributed by atoms with van der Waals surface area (Å²) in [6.45, 7) is 3.80. The van der Waals surface area contributed by atoms with Crippen molar-refractivity contribution in [3.05, 3.63) is 12.2 Å². The molecule has 6 heteroatoms. The highest BCUT2D eigenvalue weighted by molar-refractivity contribution is 5.76. The van der Waals surface area contributed by atoms with Gasteiger partial charge in [-0.15, -0.1) is 0 Å². The third-order valence-electron chi connectivity index (χ3n) is 2.19. The van der Waals surface area contributed by atoms with Gasteiger partial charge in [0.1, 0.15) is 12.2 Å². The van der Waals surface area contributed by atoms with Gasteiger partial charge in [-0.05, 0) is 13.3 Å². The summed E-state index contributed by atoms with van der Waals surface area (Å²) in [7, 11) is 0. The van der Waals surface area contributed by atoms with Crippen LogP contribution < -0.4 is 11.1 Å². The van der Waals surface area contributed by atoms with Gasteiger partial charge in [0.2, 0.25) is 5.91 Å². The van der Waals surface area contributed by atoms with E-state index in [1.807, 2.05) is 13.8 Å². The van der Waals surface area contributed by atoms with Gasteiger partial charge < -0.3 is 11.1 Å². The first-order chi connectivity index (χ1) is 7.13. The number of H-pyrrole nitrogens is 1. The lowest BCUT2D eigenvalue weighted by Crippen LogP contribution is -2.33. The topological polar surface area (TPSA) is 96.7 Å². The van der Waals surface area contributed by atoms with Crippen LogP contribution >= 0.6 is 0 Å². The monoisotopic (exact) mass is 211 g/mol. The number of carbonyl (C=O) groups excluding carboxylic acids is 1. The molecule has 2 atom stereocenters. The minimum Gasteiger partial charge on any atom is -0.346 e. The largest absolute Gasteiger partial charge is 0.346 e. The maximum absolute atomic E-state index is 11.5. The Morgan fingerprint density at radius 3 is 3.00 bits per heavy atom. The van der Waals surface area contributed by atoms with Crippen LogP contribution in [-0.4, -0.2) is 27.1 Å². The van der Waals surface area contributed by atoms with E-state index in [1.165, 1.54) is 6.33 Å². The number of nitrogens with two attached hydrogens (primary N) is 1. The number of rotatable bonds is 5. The molecule has 0 aliphatic heterocycles. The number of hydrogen-bond acceptors (Lipinski definition) is 4. The van der Waals surface area contributed by atoms with Crippen LogP contribution in [0.1, 0.15) is 38.6 Å². The summed E-state index contributed by atoms with van der Waals surface area (Å²) < 4.78 is 0. The average molecular weight is 211 g/mol. The Morgan fingerprint density at radius 2 is 2.47 bits per heavy atom. The SMILES string of the molecule is CCC(N)CC(=O)NC(C)c1ncn[nH]1. The first kappa shape index (κ1) is 11.6. The molecule has 0 fully saturated rings. The number of aromatic nitrogens is 3. The fourth-order valence-corrected chi connectivity index (χ4v) is 1.17. The lowest BCUT2D eigenvalue weighted by atomic mass is 10.1. The second-order valence-corrected chi connectivity index (χ2v) is 3.53. The molecule has 0 aliphatic carbocycles. The van der Waals surface area contributed by atoms with Crippen molar-refractivity contribution in [1.82, 2.24) is 20.5 Å². The van der Waals surface area contributed by atoms with Crippen molar-refractivity contribution in [3.8, 4) is 0 Å². The van der Waals surface area contributed by atoms with E-state index < -0.39 is 0 Å². The van der Waals surface area contributed by atoms with Crippen molar-refractivity contribution >= 4 is 5.91 Å². The summed E-state index contributed by atoms with van der Waals surface area (Å²) in [6.07, 6.45) is 2.55. The Hall–Kier alpha value is -1.43. The molecule has 0 saturated carbocycles. The molecule has 1 heterocycles. The van der Waals surface area contributed by atoms with Gasteiger partial charge in [0.15, 0.2) is 0 Å². The highest BCUT2D eigenvalue weighted by atomic mass is 16.1. The van der Waals surface area contributed by atoms with Crippen molar-refractivity contribution < 1.29 is 4.79 Å². The minimum atomic E-state index is -0.163. The van der Waals surface area contributed by atoms with Crippen LogP contribution in [0.4, 0.5) is 0 Å². The first-order valence-corrected chi connectivity index (χ1v) is 5.03. The zero-order chi connectivity index (χ0) is 11.3. The Bertz CT molecular complexity index is 297. The number of nitrogens with one attached hydrogen (secondary N) is 2. The average Bonchev–Trinajstić information content (AvgIpc) is 2.70. The Kier molecular flexibility index (Phi) is 4.23. The fraction of sp³-hybridized carbons (Fsp3) is 0.667. The summed E-state index contributed by atoms with van der Waals surface area (Å²) in [5, 5.41) is 9.21. The van der Waals surface area contributed by atoms with E-state index in [4.69, 9.17) is 5.73 Å². The molecule has 4 N–H and O–H groups in total. The van der Waals surface area contributed by atoms with Crippen molar-refractivity contribution in [2.24, 2.45) is 5.73 Å². The molecule has 0 bridgehead atoms. The van der Waals surface area contributed by atoms with Gasteiger partial charge >= 0.3 is 0 Å². The zero-order valence-corrected chi connectivity index (χ0v) is 9.03. The Morgan fingerprint density at radius 1 is 1.73 bits per heavy atom. The minimum absolute atomic E-state index is 0.0618. The highest BCUT2D eigenvalue weighted by Crippen LogP contribution is 2.04. The van der Waals surface area contributed by atoms with Gasteiger partial charge in [-0.25, -0.2) is 4.98 Å². The van der Waals surface area contributed by atoms with Crippen LogP contribution in [0.25, 0.3) is 0 Å². The summed E-state index contributed by atoms with van der Waals surface area (Å²) in [5.74, 6) is 0.585. The lowest BCUT2D eigenvalue weighted by molar-refractivity contribution is -0.122. The van der Waals surface area contributed by atoms with E-state index in [9.17, 15) is 4.79 Å². The number of aromatic amines is 1. The van der Waals surface area contributed by atoms with E-state index in [2.05, 4.69) is 20.5 Å². The highest BCUT2D eigenvalue weighted by Gasteiger charge is 2.13. The molecule has 0 radical (unpaired) electrons. The quantitative estimate of drug-likeness (QED) is 0.644. The van der Waals surface area contributed by atoms with Gasteiger partial charge in [0.25, 0.3) is 0 Å². The van der Waals surface area contributed by atoms with E-state index in [0.29, 0.717) is 12.2 Å². The molecular weight excluding hydrogens is 194 g/mol. The summed E-state index contributed by atoms with van der Waals surface area (Å²) in [5.41, 5.74) is 5.67. The Labute approximate surface area is 88.7 Å². The van der Waals surface area contributed by atoms with Crippen molar-refractivity contribution in [2.75, 3.05) is 0 Å². The predicted octanol–water partition coefficient (Wildman–Crippen LogP) is 0.109. The molecule has 0 spiro atoms. The van der Waals surface area contributed by atoms with Gasteiger partial charge in [-0.3, -0.25) is 9.89 Å². The lowest BCUT2D eigenvalue weighted by Gasteiger charge is -2.13. The molecule has 2 unspecified atom stereocenters. The molecule has 1 rings (SSSR count). The Balaban J connectivity index is 2.38. The van der Waals surface area contributed by atoms with Crippen LogP contribution in [0.15, 0.2) is 6.33 Å². The molecule has 0 aromatic carbocycles. The van der Waals surface area contributed by atoms with Crippen LogP contribution in [0.2, 0.25) is 0 Å². The van der Waals surface area contributed by atoms with Crippen molar-refractivity contribution in [1.29, 1.82) is 0 Å². The van der Waals surface area contributed by atoms with E-state index in [1.54, 1.807) is 0 Å². The molecule has 15 heavy (non-hydrogen) atoms. The van der Waals surface area contributed by atoms with Crippen LogP contribution in [0.5, 0.6) is 0 Å². The molecule has 0 saturated heterocycles. The van der Waals surface area contributed by atoms with Gasteiger partial charge in [0.05, 0.1) is 6.04 Å². The fourth-order valence-electron chi connectivity index (χ4n) is 1.17. The van der Waals surface area contributed by atoms with Gasteiger partial charge in [-0.1, -0.05) is 6.92 Å². The maximum Gasteiger partial charge on any atom is 0.222 e. The van der Waals surface area contributed by atoms with E-state index in [-0.39, 0.29) is 18.0 Å². The summed E-state index contributed by atoms with van der Waals surface area (Å²) in [6, 6.07) is -0.240. The number of nitrogens with zero attached hydrogens (tertiary/aromatic N) is 2. The first-order valence-electron chi connectivity index (χ1n) is 5.03. The molecule has 1 aromatic heterocycles. The predicted molar refractivity (Wildman–Crippen MR) is 55.8 cm³/mol. The smallest absolute Gasteiger partial charge is 0.222 e. The molecule has 6 nitrogen and oxygen atoms in total. The second-order valence-electron chi connectivity index (χ2n) is 3.53. The standard InChI is InChI=1S/C9H17N5O/c1-3-7(10)4-8(15)13-6(2)9-11-5-12-14-9/h5-7H,3-4,10H2,1-2H3,(H,13,15)(H,11,12,14). The third-order valence-corrected chi connectivity index (χ3v) is 2.19. The van der Waals surface area contributed by atoms with Crippen LogP contribution in [0.3, 0.4) is 0 Å². The zero-order valence-electron chi connectivity index (χ0n) is 9.03. The number of hydrogen-bond donors (Lipinski definition) is 3. The van der Waals surface area contributed by atoms with Gasteiger partial charge in [0, 0.05) is 12.5 Å². The van der Waals surface area contributed by atoms with Crippen LogP contribution in [0, 0.1) is 0 Å². The molecule has 0 aliphatic rings. The van der Waals surface area contributed by atoms with Crippen molar-refractivity contribution in [3.63, 3.8) is 0 Å². The van der Waals surface area contributed by atoms with Crippen molar-refractivity contribution in [2.45, 2.75) is 38.8 Å². The van der Waals surface area contributed by atoms with Gasteiger partial charge in [-0.2, -0.15) is 5.10 Å². The van der Waals surface area contributed by atoms with E-state index >= 15 is 0 Å². The number of amides is 1. The molecular formula is C9H17N5O. The second kappa shape index (κ2) is 5.45. The van der Waals surface area contributed by atoms with Crippen LogP contribution in [-0.2, 0) is 4.79 Å². The molecule has 84 valence electrons. The van der Waals surface area contributed by atoms with E-state index in [0.717, 1.165) is 6.42 Å². The molecule has 1 amide bonds. The normalized spacial score (nSPS) is 14.6. The number of carbonyl (C=O) groups is 1. The summed E-state index contributed by atoms with van der Waals surface area (Å²) >= 11 is 0. The third kappa shape index (κ3) is 3.67. The molecule has 1 aromatic rings. The maximum atomic E-state index is 11.5. The summed E-state index contributed by atoms with van der Waals surface area (Å²) in [4.78, 5) is 15.4.